The first-order valence-corrected chi connectivity index (χ1v) is 13.4. The molecule has 1 unspecified atom stereocenters. The van der Waals surface area contributed by atoms with Gasteiger partial charge in [-0.2, -0.15) is 0 Å². The van der Waals surface area contributed by atoms with E-state index in [9.17, 15) is 14.4 Å². The number of piperidine rings is 1. The number of aryl methyl sites for hydroxylation is 1. The molecule has 0 bridgehead atoms. The smallest absolute Gasteiger partial charge is 0.325 e. The van der Waals surface area contributed by atoms with E-state index in [1.807, 2.05) is 53.6 Å². The van der Waals surface area contributed by atoms with Crippen LogP contribution in [0.5, 0.6) is 5.75 Å². The first-order valence-electron chi connectivity index (χ1n) is 12.5. The third kappa shape index (κ3) is 5.37. The number of urea groups is 1. The standard InChI is InChI=1S/C27H35N3O4S/c1-3-15-27(25(32)30(26(33)28-27)18-14-22-8-6-19-35-22)21-12-16-29(17-13-21)24(31)11-10-20-7-4-5-9-23(20)34-2/h4-9,19,21H,3,10-18H2,1-2H3,(H,28,33). The highest BCUT2D eigenvalue weighted by atomic mass is 32.1. The molecule has 1 atom stereocenters. The summed E-state index contributed by atoms with van der Waals surface area (Å²) in [7, 11) is 1.64. The second kappa shape index (κ2) is 11.2. The number of nitrogens with one attached hydrogen (secondary N) is 1. The van der Waals surface area contributed by atoms with Crippen LogP contribution in [-0.4, -0.2) is 59.9 Å². The van der Waals surface area contributed by atoms with Crippen molar-refractivity contribution in [3.63, 3.8) is 0 Å². The molecule has 2 aliphatic heterocycles. The first-order chi connectivity index (χ1) is 17.0. The number of ether oxygens (including phenoxy) is 1. The van der Waals surface area contributed by atoms with E-state index in [0.29, 0.717) is 58.2 Å². The number of methoxy groups -OCH3 is 1. The summed E-state index contributed by atoms with van der Waals surface area (Å²) < 4.78 is 5.40. The van der Waals surface area contributed by atoms with Gasteiger partial charge in [-0.05, 0) is 61.1 Å². The number of hydrogen-bond donors (Lipinski definition) is 1. The molecular formula is C27H35N3O4S. The van der Waals surface area contributed by atoms with E-state index in [4.69, 9.17) is 4.74 Å². The zero-order valence-corrected chi connectivity index (χ0v) is 21.4. The van der Waals surface area contributed by atoms with Crippen LogP contribution in [0.3, 0.4) is 0 Å². The molecule has 1 aromatic carbocycles. The number of carbonyl (C=O) groups excluding carboxylic acids is 3. The molecule has 4 rings (SSSR count). The summed E-state index contributed by atoms with van der Waals surface area (Å²) in [4.78, 5) is 43.8. The fraction of sp³-hybridized carbons (Fsp3) is 0.519. The molecule has 2 saturated heterocycles. The maximum absolute atomic E-state index is 13.6. The molecule has 0 spiro atoms. The fourth-order valence-corrected chi connectivity index (χ4v) is 6.20. The molecule has 4 amide bonds. The van der Waals surface area contributed by atoms with Gasteiger partial charge in [0.05, 0.1) is 7.11 Å². The molecule has 2 fully saturated rings. The molecule has 3 heterocycles. The van der Waals surface area contributed by atoms with Crippen LogP contribution < -0.4 is 10.1 Å². The molecule has 0 saturated carbocycles. The predicted octanol–water partition coefficient (Wildman–Crippen LogP) is 4.26. The van der Waals surface area contributed by atoms with Gasteiger partial charge in [0, 0.05) is 30.9 Å². The van der Waals surface area contributed by atoms with Gasteiger partial charge in [-0.25, -0.2) is 4.79 Å². The van der Waals surface area contributed by atoms with Gasteiger partial charge in [-0.15, -0.1) is 11.3 Å². The number of likely N-dealkylation sites (tertiary alicyclic amines) is 1. The van der Waals surface area contributed by atoms with Crippen molar-refractivity contribution in [2.24, 2.45) is 5.92 Å². The Labute approximate surface area is 211 Å². The number of imide groups is 1. The number of nitrogens with zero attached hydrogens (tertiary/aromatic N) is 2. The Morgan fingerprint density at radius 3 is 2.60 bits per heavy atom. The van der Waals surface area contributed by atoms with Crippen LogP contribution in [0.25, 0.3) is 0 Å². The number of rotatable bonds is 10. The number of para-hydroxylation sites is 1. The minimum atomic E-state index is -0.853. The molecule has 188 valence electrons. The molecule has 1 N–H and O–H groups in total. The molecule has 8 heteroatoms. The van der Waals surface area contributed by atoms with Crippen molar-refractivity contribution in [2.45, 2.75) is 57.4 Å². The largest absolute Gasteiger partial charge is 0.496 e. The third-order valence-electron chi connectivity index (χ3n) is 7.35. The number of benzene rings is 1. The summed E-state index contributed by atoms with van der Waals surface area (Å²) in [5.74, 6) is 0.864. The number of amides is 4. The van der Waals surface area contributed by atoms with E-state index in [1.54, 1.807) is 18.4 Å². The van der Waals surface area contributed by atoms with Gasteiger partial charge in [0.25, 0.3) is 5.91 Å². The fourth-order valence-electron chi connectivity index (χ4n) is 5.50. The van der Waals surface area contributed by atoms with Crippen molar-refractivity contribution in [1.82, 2.24) is 15.1 Å². The highest BCUT2D eigenvalue weighted by Gasteiger charge is 2.55. The van der Waals surface area contributed by atoms with Crippen LogP contribution in [0.2, 0.25) is 0 Å². The molecule has 1 aromatic heterocycles. The number of carbonyl (C=O) groups is 3. The quantitative estimate of drug-likeness (QED) is 0.498. The van der Waals surface area contributed by atoms with Gasteiger partial charge in [0.1, 0.15) is 11.3 Å². The van der Waals surface area contributed by atoms with Crippen LogP contribution in [-0.2, 0) is 22.4 Å². The lowest BCUT2D eigenvalue weighted by Crippen LogP contribution is -2.56. The lowest BCUT2D eigenvalue weighted by atomic mass is 9.74. The Balaban J connectivity index is 1.35. The van der Waals surface area contributed by atoms with Gasteiger partial charge in [0.2, 0.25) is 5.91 Å². The van der Waals surface area contributed by atoms with E-state index >= 15 is 0 Å². The summed E-state index contributed by atoms with van der Waals surface area (Å²) in [6.45, 7) is 3.67. The minimum absolute atomic E-state index is 0.0314. The van der Waals surface area contributed by atoms with E-state index in [0.717, 1.165) is 17.7 Å². The Morgan fingerprint density at radius 2 is 1.91 bits per heavy atom. The maximum Gasteiger partial charge on any atom is 0.325 e. The zero-order chi connectivity index (χ0) is 24.8. The number of hydrogen-bond acceptors (Lipinski definition) is 5. The molecule has 0 aliphatic carbocycles. The van der Waals surface area contributed by atoms with Crippen LogP contribution in [0.4, 0.5) is 4.79 Å². The van der Waals surface area contributed by atoms with E-state index in [-0.39, 0.29) is 23.8 Å². The molecule has 2 aliphatic rings. The van der Waals surface area contributed by atoms with Gasteiger partial charge < -0.3 is 15.0 Å². The molecule has 35 heavy (non-hydrogen) atoms. The lowest BCUT2D eigenvalue weighted by molar-refractivity contribution is -0.136. The van der Waals surface area contributed by atoms with Crippen LogP contribution in [0.1, 0.15) is 49.5 Å². The van der Waals surface area contributed by atoms with Crippen molar-refractivity contribution in [3.05, 3.63) is 52.2 Å². The minimum Gasteiger partial charge on any atom is -0.496 e. The van der Waals surface area contributed by atoms with E-state index < -0.39 is 5.54 Å². The highest BCUT2D eigenvalue weighted by Crippen LogP contribution is 2.37. The summed E-state index contributed by atoms with van der Waals surface area (Å²) >= 11 is 1.64. The molecular weight excluding hydrogens is 462 g/mol. The molecule has 7 nitrogen and oxygen atoms in total. The van der Waals surface area contributed by atoms with Crippen LogP contribution in [0.15, 0.2) is 41.8 Å². The second-order valence-corrected chi connectivity index (χ2v) is 10.4. The van der Waals surface area contributed by atoms with Gasteiger partial charge in [0.15, 0.2) is 0 Å². The topological polar surface area (TPSA) is 79.0 Å². The third-order valence-corrected chi connectivity index (χ3v) is 8.29. The van der Waals surface area contributed by atoms with E-state index in [2.05, 4.69) is 5.32 Å². The lowest BCUT2D eigenvalue weighted by Gasteiger charge is -2.41. The summed E-state index contributed by atoms with van der Waals surface area (Å²) in [6.07, 6.45) is 4.60. The van der Waals surface area contributed by atoms with Gasteiger partial charge in [-0.1, -0.05) is 37.6 Å². The van der Waals surface area contributed by atoms with Crippen molar-refractivity contribution in [1.29, 1.82) is 0 Å². The average Bonchev–Trinajstić information content (AvgIpc) is 3.48. The Hall–Kier alpha value is -2.87. The molecule has 2 aromatic rings. The average molecular weight is 498 g/mol. The summed E-state index contributed by atoms with van der Waals surface area (Å²) in [5.41, 5.74) is 0.176. The number of thiophene rings is 1. The monoisotopic (exact) mass is 497 g/mol. The SMILES string of the molecule is CCCC1(C2CCN(C(=O)CCc3ccccc3OC)CC2)NC(=O)N(CCc2cccs2)C1=O. The molecule has 0 radical (unpaired) electrons. The Bertz CT molecular complexity index is 1030. The first kappa shape index (κ1) is 25.2. The highest BCUT2D eigenvalue weighted by molar-refractivity contribution is 7.09. The van der Waals surface area contributed by atoms with Gasteiger partial charge in [-0.3, -0.25) is 14.5 Å². The van der Waals surface area contributed by atoms with Crippen LogP contribution in [0, 0.1) is 5.92 Å². The Morgan fingerprint density at radius 1 is 1.14 bits per heavy atom. The van der Waals surface area contributed by atoms with Crippen molar-refractivity contribution in [2.75, 3.05) is 26.7 Å². The summed E-state index contributed by atoms with van der Waals surface area (Å²) in [6, 6.07) is 11.5. The van der Waals surface area contributed by atoms with Crippen LogP contribution >= 0.6 is 11.3 Å². The Kier molecular flexibility index (Phi) is 8.11. The predicted molar refractivity (Wildman–Crippen MR) is 137 cm³/mol. The zero-order valence-electron chi connectivity index (χ0n) is 20.6. The van der Waals surface area contributed by atoms with Gasteiger partial charge >= 0.3 is 6.03 Å². The second-order valence-electron chi connectivity index (χ2n) is 9.40. The van der Waals surface area contributed by atoms with Crippen molar-refractivity contribution in [3.8, 4) is 5.75 Å². The van der Waals surface area contributed by atoms with Crippen molar-refractivity contribution >= 4 is 29.2 Å². The normalized spacial score (nSPS) is 20.9. The maximum atomic E-state index is 13.6. The van der Waals surface area contributed by atoms with E-state index in [1.165, 1.54) is 9.78 Å². The summed E-state index contributed by atoms with van der Waals surface area (Å²) in [5, 5.41) is 5.10. The van der Waals surface area contributed by atoms with Crippen molar-refractivity contribution < 1.29 is 19.1 Å².